The second-order valence-electron chi connectivity index (χ2n) is 5.27. The summed E-state index contributed by atoms with van der Waals surface area (Å²) in [5, 5.41) is 9.29. The smallest absolute Gasteiger partial charge is 0.309 e. The average Bonchev–Trinajstić information content (AvgIpc) is 2.00. The van der Waals surface area contributed by atoms with Crippen LogP contribution in [-0.2, 0) is 4.79 Å². The Morgan fingerprint density at radius 3 is 1.86 bits per heavy atom. The van der Waals surface area contributed by atoms with E-state index in [9.17, 15) is 9.90 Å². The molecular formula is C12H24O2. The molecule has 0 aromatic rings. The molecule has 0 aromatic carbocycles. The molecule has 2 heteroatoms. The zero-order valence-electron chi connectivity index (χ0n) is 10.3. The van der Waals surface area contributed by atoms with Crippen LogP contribution < -0.4 is 0 Å². The van der Waals surface area contributed by atoms with Gasteiger partial charge in [-0.25, -0.2) is 0 Å². The fraction of sp³-hybridized carbons (Fsp3) is 0.917. The van der Waals surface area contributed by atoms with Crippen molar-refractivity contribution in [3.8, 4) is 0 Å². The molecule has 0 heterocycles. The Bertz CT molecular complexity index is 196. The third-order valence-corrected chi connectivity index (χ3v) is 3.51. The summed E-state index contributed by atoms with van der Waals surface area (Å²) in [5.74, 6) is 0.289. The lowest BCUT2D eigenvalue weighted by Gasteiger charge is -2.36. The van der Waals surface area contributed by atoms with Gasteiger partial charge < -0.3 is 5.11 Å². The first-order valence-corrected chi connectivity index (χ1v) is 5.46. The first-order chi connectivity index (χ1) is 6.22. The molecule has 14 heavy (non-hydrogen) atoms. The fourth-order valence-electron chi connectivity index (χ4n) is 1.98. The van der Waals surface area contributed by atoms with Gasteiger partial charge >= 0.3 is 5.97 Å². The number of rotatable bonds is 5. The highest BCUT2D eigenvalue weighted by atomic mass is 16.4. The Balaban J connectivity index is 4.74. The molecule has 0 fully saturated rings. The topological polar surface area (TPSA) is 37.3 Å². The van der Waals surface area contributed by atoms with Crippen molar-refractivity contribution in [3.05, 3.63) is 0 Å². The van der Waals surface area contributed by atoms with Crippen LogP contribution in [-0.4, -0.2) is 11.1 Å². The number of carboxylic acids is 1. The lowest BCUT2D eigenvalue weighted by molar-refractivity contribution is -0.154. The molecule has 84 valence electrons. The summed E-state index contributed by atoms with van der Waals surface area (Å²) in [6.45, 7) is 12.2. The normalized spacial score (nSPS) is 18.3. The van der Waals surface area contributed by atoms with Crippen LogP contribution in [0.2, 0.25) is 0 Å². The fourth-order valence-corrected chi connectivity index (χ4v) is 1.98. The summed E-state index contributed by atoms with van der Waals surface area (Å²) >= 11 is 0. The van der Waals surface area contributed by atoms with Crippen molar-refractivity contribution in [2.75, 3.05) is 0 Å². The van der Waals surface area contributed by atoms with Crippen LogP contribution in [0.4, 0.5) is 0 Å². The Morgan fingerprint density at radius 1 is 1.21 bits per heavy atom. The molecule has 0 spiro atoms. The van der Waals surface area contributed by atoms with Gasteiger partial charge in [0.2, 0.25) is 0 Å². The van der Waals surface area contributed by atoms with E-state index in [1.54, 1.807) is 0 Å². The van der Waals surface area contributed by atoms with Crippen LogP contribution in [0.5, 0.6) is 0 Å². The maximum absolute atomic E-state index is 11.3. The minimum absolute atomic E-state index is 0.175. The zero-order chi connectivity index (χ0) is 11.5. The quantitative estimate of drug-likeness (QED) is 0.738. The van der Waals surface area contributed by atoms with Crippen LogP contribution in [0, 0.1) is 23.2 Å². The maximum Gasteiger partial charge on any atom is 0.309 e. The third-order valence-electron chi connectivity index (χ3n) is 3.51. The first-order valence-electron chi connectivity index (χ1n) is 5.46. The van der Waals surface area contributed by atoms with Crippen LogP contribution in [0.3, 0.4) is 0 Å². The second kappa shape index (κ2) is 4.81. The van der Waals surface area contributed by atoms with Gasteiger partial charge in [-0.05, 0) is 31.1 Å². The van der Waals surface area contributed by atoms with Gasteiger partial charge in [0.05, 0.1) is 5.41 Å². The SMILES string of the molecule is CC(C)CC(C)C(C)(C(=O)O)C(C)C. The van der Waals surface area contributed by atoms with E-state index in [1.165, 1.54) is 0 Å². The van der Waals surface area contributed by atoms with Crippen molar-refractivity contribution >= 4 is 5.97 Å². The molecule has 0 radical (unpaired) electrons. The van der Waals surface area contributed by atoms with Crippen LogP contribution >= 0.6 is 0 Å². The molecule has 0 amide bonds. The average molecular weight is 200 g/mol. The van der Waals surface area contributed by atoms with E-state index in [0.29, 0.717) is 5.92 Å². The molecule has 0 rings (SSSR count). The van der Waals surface area contributed by atoms with Gasteiger partial charge in [-0.15, -0.1) is 0 Å². The molecule has 0 saturated heterocycles. The van der Waals surface area contributed by atoms with Gasteiger partial charge in [0.25, 0.3) is 0 Å². The second-order valence-corrected chi connectivity index (χ2v) is 5.27. The lowest BCUT2D eigenvalue weighted by Crippen LogP contribution is -2.39. The molecule has 0 bridgehead atoms. The number of aliphatic carboxylic acids is 1. The molecule has 2 atom stereocenters. The minimum Gasteiger partial charge on any atom is -0.481 e. The number of hydrogen-bond acceptors (Lipinski definition) is 1. The van der Waals surface area contributed by atoms with E-state index in [0.717, 1.165) is 6.42 Å². The van der Waals surface area contributed by atoms with Crippen molar-refractivity contribution in [2.24, 2.45) is 23.2 Å². The molecule has 2 unspecified atom stereocenters. The van der Waals surface area contributed by atoms with E-state index in [1.807, 2.05) is 27.7 Å². The van der Waals surface area contributed by atoms with E-state index in [-0.39, 0.29) is 11.8 Å². The van der Waals surface area contributed by atoms with Gasteiger partial charge in [0.1, 0.15) is 0 Å². The van der Waals surface area contributed by atoms with Crippen LogP contribution in [0.15, 0.2) is 0 Å². The molecule has 1 N–H and O–H groups in total. The standard InChI is InChI=1S/C12H24O2/c1-8(2)7-10(5)12(6,9(3)4)11(13)14/h8-10H,7H2,1-6H3,(H,13,14). The summed E-state index contributed by atoms with van der Waals surface area (Å²) in [7, 11) is 0. The van der Waals surface area contributed by atoms with Gasteiger partial charge in [-0.2, -0.15) is 0 Å². The van der Waals surface area contributed by atoms with Crippen molar-refractivity contribution < 1.29 is 9.90 Å². The number of hydrogen-bond donors (Lipinski definition) is 1. The van der Waals surface area contributed by atoms with Crippen LogP contribution in [0.1, 0.15) is 48.0 Å². The maximum atomic E-state index is 11.3. The summed E-state index contributed by atoms with van der Waals surface area (Å²) in [5.41, 5.74) is -0.593. The van der Waals surface area contributed by atoms with Gasteiger partial charge in [-0.1, -0.05) is 34.6 Å². The third kappa shape index (κ3) is 2.73. The lowest BCUT2D eigenvalue weighted by atomic mass is 9.67. The monoisotopic (exact) mass is 200 g/mol. The predicted octanol–water partition coefficient (Wildman–Crippen LogP) is 3.42. The molecule has 2 nitrogen and oxygen atoms in total. The number of carboxylic acid groups (broad SMARTS) is 1. The summed E-state index contributed by atoms with van der Waals surface area (Å²) in [6, 6.07) is 0. The minimum atomic E-state index is -0.666. The molecule has 0 aromatic heterocycles. The molecule has 0 saturated carbocycles. The van der Waals surface area contributed by atoms with E-state index in [2.05, 4.69) is 13.8 Å². The first kappa shape index (κ1) is 13.5. The summed E-state index contributed by atoms with van der Waals surface area (Å²) < 4.78 is 0. The largest absolute Gasteiger partial charge is 0.481 e. The van der Waals surface area contributed by atoms with Crippen molar-refractivity contribution in [1.29, 1.82) is 0 Å². The van der Waals surface area contributed by atoms with Crippen molar-refractivity contribution in [2.45, 2.75) is 48.0 Å². The Kier molecular flexibility index (Phi) is 4.63. The van der Waals surface area contributed by atoms with Crippen LogP contribution in [0.25, 0.3) is 0 Å². The van der Waals surface area contributed by atoms with E-state index < -0.39 is 11.4 Å². The molecule has 0 aliphatic carbocycles. The van der Waals surface area contributed by atoms with E-state index >= 15 is 0 Å². The van der Waals surface area contributed by atoms with Crippen molar-refractivity contribution in [1.82, 2.24) is 0 Å². The van der Waals surface area contributed by atoms with Gasteiger partial charge in [-0.3, -0.25) is 4.79 Å². The summed E-state index contributed by atoms with van der Waals surface area (Å²) in [4.78, 5) is 11.3. The van der Waals surface area contributed by atoms with Gasteiger partial charge in [0, 0.05) is 0 Å². The number of carbonyl (C=O) groups is 1. The zero-order valence-corrected chi connectivity index (χ0v) is 10.3. The Labute approximate surface area is 87.7 Å². The Morgan fingerprint density at radius 2 is 1.64 bits per heavy atom. The van der Waals surface area contributed by atoms with E-state index in [4.69, 9.17) is 0 Å². The Hall–Kier alpha value is -0.530. The highest BCUT2D eigenvalue weighted by Crippen LogP contribution is 2.38. The molecule has 0 aliphatic rings. The van der Waals surface area contributed by atoms with Crippen molar-refractivity contribution in [3.63, 3.8) is 0 Å². The molecular weight excluding hydrogens is 176 g/mol. The highest BCUT2D eigenvalue weighted by Gasteiger charge is 2.41. The van der Waals surface area contributed by atoms with Gasteiger partial charge in [0.15, 0.2) is 0 Å². The molecule has 0 aliphatic heterocycles. The highest BCUT2D eigenvalue weighted by molar-refractivity contribution is 5.74. The summed E-state index contributed by atoms with van der Waals surface area (Å²) in [6.07, 6.45) is 0.973. The predicted molar refractivity (Wildman–Crippen MR) is 59.2 cm³/mol.